The zero-order chi connectivity index (χ0) is 14.3. The fourth-order valence-electron chi connectivity index (χ4n) is 3.04. The Morgan fingerprint density at radius 2 is 1.70 bits per heavy atom. The summed E-state index contributed by atoms with van der Waals surface area (Å²) in [6, 6.07) is 0.173. The second-order valence-corrected chi connectivity index (χ2v) is 6.90. The van der Waals surface area contributed by atoms with Crippen LogP contribution in [0.1, 0.15) is 45.4 Å². The maximum atomic E-state index is 12.2. The smallest absolute Gasteiger partial charge is 0.240 e. The zero-order valence-electron chi connectivity index (χ0n) is 12.2. The van der Waals surface area contributed by atoms with Crippen LogP contribution in [0.25, 0.3) is 0 Å². The Bertz CT molecular complexity index is 405. The van der Waals surface area contributed by atoms with Gasteiger partial charge in [-0.3, -0.25) is 9.59 Å². The number of rotatable bonds is 4. The number of nitrogens with one attached hydrogen (secondary N) is 1. The molecule has 112 valence electrons. The molecule has 1 atom stereocenters. The van der Waals surface area contributed by atoms with E-state index in [1.54, 1.807) is 0 Å². The second kappa shape index (κ2) is 5.02. The largest absolute Gasteiger partial charge is 0.352 e. The van der Waals surface area contributed by atoms with Gasteiger partial charge in [0.1, 0.15) is 0 Å². The first-order chi connectivity index (χ1) is 9.48. The van der Waals surface area contributed by atoms with Crippen molar-refractivity contribution in [3.05, 3.63) is 0 Å². The molecule has 0 aromatic heterocycles. The zero-order valence-corrected chi connectivity index (χ0v) is 12.2. The number of likely N-dealkylation sites (tertiary alicyclic amines) is 1. The summed E-state index contributed by atoms with van der Waals surface area (Å²) >= 11 is 0. The molecule has 3 N–H and O–H groups in total. The van der Waals surface area contributed by atoms with E-state index in [0.717, 1.165) is 51.6 Å². The third-order valence-electron chi connectivity index (χ3n) is 4.98. The Kier molecular flexibility index (Phi) is 3.48. The molecule has 1 aliphatic heterocycles. The first kappa shape index (κ1) is 13.9. The molecular formula is C15H25N3O2. The van der Waals surface area contributed by atoms with Crippen molar-refractivity contribution in [1.82, 2.24) is 10.2 Å². The van der Waals surface area contributed by atoms with E-state index in [0.29, 0.717) is 17.7 Å². The molecule has 0 aromatic rings. The summed E-state index contributed by atoms with van der Waals surface area (Å²) in [6.45, 7) is 3.38. The molecule has 1 unspecified atom stereocenters. The molecule has 0 radical (unpaired) electrons. The molecule has 5 heteroatoms. The van der Waals surface area contributed by atoms with Crippen LogP contribution in [0.15, 0.2) is 0 Å². The Morgan fingerprint density at radius 1 is 1.10 bits per heavy atom. The van der Waals surface area contributed by atoms with Gasteiger partial charge in [-0.1, -0.05) is 0 Å². The first-order valence-corrected chi connectivity index (χ1v) is 7.87. The maximum Gasteiger partial charge on any atom is 0.240 e. The van der Waals surface area contributed by atoms with Crippen LogP contribution in [0.4, 0.5) is 0 Å². The van der Waals surface area contributed by atoms with E-state index in [9.17, 15) is 9.59 Å². The SMILES string of the molecule is CC(N)(C(=O)NC1CCN(C(=O)C2CC2)CC1)C1CC1. The van der Waals surface area contributed by atoms with Crippen molar-refractivity contribution >= 4 is 11.8 Å². The minimum atomic E-state index is -0.721. The molecule has 0 spiro atoms. The first-order valence-electron chi connectivity index (χ1n) is 7.87. The summed E-state index contributed by atoms with van der Waals surface area (Å²) in [5, 5.41) is 3.08. The molecule has 5 nitrogen and oxygen atoms in total. The van der Waals surface area contributed by atoms with Crippen molar-refractivity contribution in [2.75, 3.05) is 13.1 Å². The third-order valence-corrected chi connectivity index (χ3v) is 4.98. The van der Waals surface area contributed by atoms with E-state index >= 15 is 0 Å². The van der Waals surface area contributed by atoms with Gasteiger partial charge in [0, 0.05) is 25.0 Å². The van der Waals surface area contributed by atoms with Crippen molar-refractivity contribution in [1.29, 1.82) is 0 Å². The van der Waals surface area contributed by atoms with Crippen LogP contribution in [0.5, 0.6) is 0 Å². The van der Waals surface area contributed by atoms with E-state index in [1.807, 2.05) is 11.8 Å². The van der Waals surface area contributed by atoms with Crippen LogP contribution in [0.2, 0.25) is 0 Å². The molecule has 3 fully saturated rings. The summed E-state index contributed by atoms with van der Waals surface area (Å²) in [5.74, 6) is 0.936. The van der Waals surface area contributed by atoms with Gasteiger partial charge in [0.15, 0.2) is 0 Å². The molecule has 3 aliphatic rings. The highest BCUT2D eigenvalue weighted by Gasteiger charge is 2.44. The molecule has 2 aliphatic carbocycles. The fourth-order valence-corrected chi connectivity index (χ4v) is 3.04. The molecule has 1 saturated heterocycles. The van der Waals surface area contributed by atoms with Crippen LogP contribution in [-0.4, -0.2) is 41.4 Å². The number of carbonyl (C=O) groups is 2. The van der Waals surface area contributed by atoms with Gasteiger partial charge in [0.2, 0.25) is 11.8 Å². The summed E-state index contributed by atoms with van der Waals surface area (Å²) < 4.78 is 0. The summed E-state index contributed by atoms with van der Waals surface area (Å²) in [5.41, 5.74) is 5.41. The van der Waals surface area contributed by atoms with Crippen LogP contribution in [0, 0.1) is 11.8 Å². The van der Waals surface area contributed by atoms with Gasteiger partial charge in [-0.2, -0.15) is 0 Å². The molecule has 0 aromatic carbocycles. The molecule has 0 bridgehead atoms. The molecule has 3 rings (SSSR count). The molecule has 1 heterocycles. The maximum absolute atomic E-state index is 12.2. The van der Waals surface area contributed by atoms with Crippen LogP contribution < -0.4 is 11.1 Å². The van der Waals surface area contributed by atoms with E-state index in [-0.39, 0.29) is 11.9 Å². The lowest BCUT2D eigenvalue weighted by Crippen LogP contribution is -2.57. The lowest BCUT2D eigenvalue weighted by atomic mass is 9.94. The number of hydrogen-bond donors (Lipinski definition) is 2. The molecule has 20 heavy (non-hydrogen) atoms. The number of carbonyl (C=O) groups excluding carboxylic acids is 2. The number of hydrogen-bond acceptors (Lipinski definition) is 3. The van der Waals surface area contributed by atoms with Crippen molar-refractivity contribution in [3.63, 3.8) is 0 Å². The lowest BCUT2D eigenvalue weighted by molar-refractivity contribution is -0.134. The van der Waals surface area contributed by atoms with Gasteiger partial charge >= 0.3 is 0 Å². The minimum Gasteiger partial charge on any atom is -0.352 e. The lowest BCUT2D eigenvalue weighted by Gasteiger charge is -2.34. The van der Waals surface area contributed by atoms with Crippen molar-refractivity contribution in [2.45, 2.75) is 57.0 Å². The van der Waals surface area contributed by atoms with Gasteiger partial charge in [-0.25, -0.2) is 0 Å². The van der Waals surface area contributed by atoms with E-state index < -0.39 is 5.54 Å². The Hall–Kier alpha value is -1.10. The van der Waals surface area contributed by atoms with Gasteiger partial charge in [-0.15, -0.1) is 0 Å². The number of nitrogens with zero attached hydrogens (tertiary/aromatic N) is 1. The van der Waals surface area contributed by atoms with Crippen molar-refractivity contribution in [3.8, 4) is 0 Å². The highest BCUT2D eigenvalue weighted by atomic mass is 16.2. The molecular weight excluding hydrogens is 254 g/mol. The van der Waals surface area contributed by atoms with E-state index in [1.165, 1.54) is 0 Å². The monoisotopic (exact) mass is 279 g/mol. The van der Waals surface area contributed by atoms with Gasteiger partial charge in [-0.05, 0) is 51.4 Å². The Labute approximate surface area is 120 Å². The normalized spacial score (nSPS) is 27.0. The summed E-state index contributed by atoms with van der Waals surface area (Å²) in [4.78, 5) is 26.2. The summed E-state index contributed by atoms with van der Waals surface area (Å²) in [6.07, 6.45) is 5.95. The van der Waals surface area contributed by atoms with Crippen molar-refractivity contribution in [2.24, 2.45) is 17.6 Å². The van der Waals surface area contributed by atoms with E-state index in [4.69, 9.17) is 5.73 Å². The van der Waals surface area contributed by atoms with Gasteiger partial charge in [0.25, 0.3) is 0 Å². The average Bonchev–Trinajstić information content (AvgIpc) is 3.31. The van der Waals surface area contributed by atoms with Crippen LogP contribution >= 0.6 is 0 Å². The number of nitrogens with two attached hydrogens (primary N) is 1. The minimum absolute atomic E-state index is 0.0213. The number of piperidine rings is 1. The summed E-state index contributed by atoms with van der Waals surface area (Å²) in [7, 11) is 0. The van der Waals surface area contributed by atoms with Crippen LogP contribution in [0.3, 0.4) is 0 Å². The highest BCUT2D eigenvalue weighted by Crippen LogP contribution is 2.38. The highest BCUT2D eigenvalue weighted by molar-refractivity contribution is 5.86. The average molecular weight is 279 g/mol. The standard InChI is InChI=1S/C15H25N3O2/c1-15(16,11-4-5-11)14(20)17-12-6-8-18(9-7-12)13(19)10-2-3-10/h10-12H,2-9,16H2,1H3,(H,17,20). The molecule has 2 saturated carbocycles. The van der Waals surface area contributed by atoms with Gasteiger partial charge in [0.05, 0.1) is 5.54 Å². The Morgan fingerprint density at radius 3 is 2.20 bits per heavy atom. The fraction of sp³-hybridized carbons (Fsp3) is 0.867. The Balaban J connectivity index is 1.46. The quantitative estimate of drug-likeness (QED) is 0.792. The predicted molar refractivity (Wildman–Crippen MR) is 75.8 cm³/mol. The van der Waals surface area contributed by atoms with Crippen molar-refractivity contribution < 1.29 is 9.59 Å². The predicted octanol–water partition coefficient (Wildman–Crippen LogP) is 0.631. The number of amides is 2. The second-order valence-electron chi connectivity index (χ2n) is 6.90. The van der Waals surface area contributed by atoms with Crippen LogP contribution in [-0.2, 0) is 9.59 Å². The topological polar surface area (TPSA) is 75.4 Å². The molecule has 2 amide bonds. The van der Waals surface area contributed by atoms with Gasteiger partial charge < -0.3 is 16.0 Å². The van der Waals surface area contributed by atoms with E-state index in [2.05, 4.69) is 5.32 Å². The third kappa shape index (κ3) is 2.82.